The van der Waals surface area contributed by atoms with E-state index < -0.39 is 0 Å². The molecule has 114 valence electrons. The molecule has 1 aliphatic carbocycles. The topological polar surface area (TPSA) is 58.4 Å². The summed E-state index contributed by atoms with van der Waals surface area (Å²) in [5, 5.41) is 21.6. The van der Waals surface area contributed by atoms with Crippen molar-refractivity contribution in [3.05, 3.63) is 46.1 Å². The Labute approximate surface area is 138 Å². The van der Waals surface area contributed by atoms with E-state index in [4.69, 9.17) is 0 Å². The van der Waals surface area contributed by atoms with Crippen LogP contribution in [0.2, 0.25) is 0 Å². The summed E-state index contributed by atoms with van der Waals surface area (Å²) in [5.74, 6) is 0.976. The van der Waals surface area contributed by atoms with Gasteiger partial charge in [-0.25, -0.2) is 0 Å². The van der Waals surface area contributed by atoms with Crippen molar-refractivity contribution in [1.29, 1.82) is 0 Å². The molecule has 0 amide bonds. The van der Waals surface area contributed by atoms with Gasteiger partial charge in [0.05, 0.1) is 17.1 Å². The summed E-state index contributed by atoms with van der Waals surface area (Å²) in [6, 6.07) is 9.93. The fourth-order valence-electron chi connectivity index (χ4n) is 2.82. The first kappa shape index (κ1) is 15.2. The second kappa shape index (κ2) is 6.16. The number of nitrogens with zero attached hydrogens (tertiary/aromatic N) is 3. The summed E-state index contributed by atoms with van der Waals surface area (Å²) in [6.45, 7) is 4.38. The lowest BCUT2D eigenvalue weighted by Crippen LogP contribution is -2.26. The zero-order chi connectivity index (χ0) is 15.7. The van der Waals surface area contributed by atoms with E-state index in [1.165, 1.54) is 0 Å². The highest BCUT2D eigenvalue weighted by molar-refractivity contribution is 9.10. The molecular formula is C17H18BrN3O. The maximum atomic E-state index is 9.37. The SMILES string of the molecule is CC(C)[C@H]1C/C(=N/O)c2cc(-c3ccc(Br)cc3)nnc2C1. The number of benzene rings is 1. The number of hydrogen-bond acceptors (Lipinski definition) is 4. The summed E-state index contributed by atoms with van der Waals surface area (Å²) in [6.07, 6.45) is 1.67. The molecule has 0 saturated heterocycles. The van der Waals surface area contributed by atoms with Crippen LogP contribution in [0.5, 0.6) is 0 Å². The van der Waals surface area contributed by atoms with Gasteiger partial charge in [-0.05, 0) is 42.9 Å². The molecule has 1 N–H and O–H groups in total. The minimum atomic E-state index is 0.450. The molecule has 0 saturated carbocycles. The lowest BCUT2D eigenvalue weighted by atomic mass is 9.79. The van der Waals surface area contributed by atoms with Crippen LogP contribution in [0.1, 0.15) is 31.5 Å². The highest BCUT2D eigenvalue weighted by Gasteiger charge is 2.28. The molecule has 1 aromatic carbocycles. The molecule has 1 heterocycles. The van der Waals surface area contributed by atoms with Crippen molar-refractivity contribution in [3.8, 4) is 11.3 Å². The number of halogens is 1. The van der Waals surface area contributed by atoms with E-state index in [2.05, 4.69) is 45.1 Å². The Morgan fingerprint density at radius 3 is 2.55 bits per heavy atom. The molecule has 0 unspecified atom stereocenters. The first-order valence-electron chi connectivity index (χ1n) is 7.42. The van der Waals surface area contributed by atoms with Crippen molar-refractivity contribution in [2.45, 2.75) is 26.7 Å². The van der Waals surface area contributed by atoms with Gasteiger partial charge >= 0.3 is 0 Å². The Morgan fingerprint density at radius 2 is 1.91 bits per heavy atom. The molecule has 1 atom stereocenters. The third-order valence-corrected chi connectivity index (χ3v) is 4.82. The smallest absolute Gasteiger partial charge is 0.0936 e. The zero-order valence-corrected chi connectivity index (χ0v) is 14.2. The normalized spacial score (nSPS) is 19.5. The fraction of sp³-hybridized carbons (Fsp3) is 0.353. The molecule has 0 radical (unpaired) electrons. The Bertz CT molecular complexity index is 710. The maximum absolute atomic E-state index is 9.37. The third-order valence-electron chi connectivity index (χ3n) is 4.30. The van der Waals surface area contributed by atoms with Crippen LogP contribution in [-0.4, -0.2) is 21.1 Å². The molecule has 0 fully saturated rings. The van der Waals surface area contributed by atoms with Gasteiger partial charge in [-0.3, -0.25) is 0 Å². The van der Waals surface area contributed by atoms with Crippen molar-refractivity contribution in [1.82, 2.24) is 10.2 Å². The summed E-state index contributed by atoms with van der Waals surface area (Å²) in [5.41, 5.74) is 4.37. The zero-order valence-electron chi connectivity index (χ0n) is 12.6. The maximum Gasteiger partial charge on any atom is 0.0936 e. The van der Waals surface area contributed by atoms with Gasteiger partial charge in [0.25, 0.3) is 0 Å². The summed E-state index contributed by atoms with van der Waals surface area (Å²) in [4.78, 5) is 0. The summed E-state index contributed by atoms with van der Waals surface area (Å²) >= 11 is 3.43. The van der Waals surface area contributed by atoms with Gasteiger partial charge in [-0.2, -0.15) is 10.2 Å². The summed E-state index contributed by atoms with van der Waals surface area (Å²) in [7, 11) is 0. The van der Waals surface area contributed by atoms with Gasteiger partial charge < -0.3 is 5.21 Å². The van der Waals surface area contributed by atoms with Crippen LogP contribution < -0.4 is 0 Å². The molecule has 3 rings (SSSR count). The lowest BCUT2D eigenvalue weighted by molar-refractivity contribution is 0.310. The Morgan fingerprint density at radius 1 is 1.18 bits per heavy atom. The Balaban J connectivity index is 2.01. The number of aromatic nitrogens is 2. The molecule has 22 heavy (non-hydrogen) atoms. The van der Waals surface area contributed by atoms with Crippen LogP contribution in [0.4, 0.5) is 0 Å². The number of rotatable bonds is 2. The molecule has 0 aliphatic heterocycles. The van der Waals surface area contributed by atoms with Crippen LogP contribution in [0.3, 0.4) is 0 Å². The highest BCUT2D eigenvalue weighted by atomic mass is 79.9. The van der Waals surface area contributed by atoms with Crippen molar-refractivity contribution in [3.63, 3.8) is 0 Å². The van der Waals surface area contributed by atoms with E-state index in [0.717, 1.165) is 39.8 Å². The van der Waals surface area contributed by atoms with E-state index in [1.54, 1.807) is 0 Å². The molecule has 5 heteroatoms. The van der Waals surface area contributed by atoms with Crippen LogP contribution >= 0.6 is 15.9 Å². The first-order chi connectivity index (χ1) is 10.6. The first-order valence-corrected chi connectivity index (χ1v) is 8.21. The van der Waals surface area contributed by atoms with E-state index in [0.29, 0.717) is 17.5 Å². The number of hydrogen-bond donors (Lipinski definition) is 1. The minimum absolute atomic E-state index is 0.450. The van der Waals surface area contributed by atoms with E-state index >= 15 is 0 Å². The van der Waals surface area contributed by atoms with Gasteiger partial charge in [-0.1, -0.05) is 47.1 Å². The lowest BCUT2D eigenvalue weighted by Gasteiger charge is -2.27. The van der Waals surface area contributed by atoms with Gasteiger partial charge in [0.15, 0.2) is 0 Å². The average molecular weight is 360 g/mol. The fourth-order valence-corrected chi connectivity index (χ4v) is 3.09. The van der Waals surface area contributed by atoms with Crippen LogP contribution in [-0.2, 0) is 6.42 Å². The van der Waals surface area contributed by atoms with E-state index in [9.17, 15) is 5.21 Å². The van der Waals surface area contributed by atoms with Crippen LogP contribution in [0, 0.1) is 11.8 Å². The standard InChI is InChI=1S/C17H18BrN3O/c1-10(2)12-7-16-14(17(8-12)21-22)9-15(19-20-16)11-3-5-13(18)6-4-11/h3-6,9-10,12,22H,7-8H2,1-2H3/b21-17-/t12-/m1/s1. The van der Waals surface area contributed by atoms with Gasteiger partial charge in [0.2, 0.25) is 0 Å². The van der Waals surface area contributed by atoms with Crippen molar-refractivity contribution in [2.75, 3.05) is 0 Å². The van der Waals surface area contributed by atoms with Gasteiger partial charge in [0.1, 0.15) is 0 Å². The molecule has 2 aromatic rings. The van der Waals surface area contributed by atoms with E-state index in [-0.39, 0.29) is 0 Å². The number of fused-ring (bicyclic) bond motifs is 1. The second-order valence-electron chi connectivity index (χ2n) is 6.06. The van der Waals surface area contributed by atoms with Crippen molar-refractivity contribution >= 4 is 21.6 Å². The molecule has 0 spiro atoms. The van der Waals surface area contributed by atoms with E-state index in [1.807, 2.05) is 30.3 Å². The largest absolute Gasteiger partial charge is 0.411 e. The quantitative estimate of drug-likeness (QED) is 0.642. The molecule has 1 aromatic heterocycles. The average Bonchev–Trinajstić information content (AvgIpc) is 2.54. The molecular weight excluding hydrogens is 342 g/mol. The summed E-state index contributed by atoms with van der Waals surface area (Å²) < 4.78 is 1.03. The van der Waals surface area contributed by atoms with Crippen molar-refractivity contribution in [2.24, 2.45) is 17.0 Å². The predicted octanol–water partition coefficient (Wildman–Crippen LogP) is 4.30. The highest BCUT2D eigenvalue weighted by Crippen LogP contribution is 2.31. The Hall–Kier alpha value is -1.75. The third kappa shape index (κ3) is 2.90. The van der Waals surface area contributed by atoms with Crippen molar-refractivity contribution < 1.29 is 5.21 Å². The monoisotopic (exact) mass is 359 g/mol. The predicted molar refractivity (Wildman–Crippen MR) is 90.1 cm³/mol. The molecule has 4 nitrogen and oxygen atoms in total. The van der Waals surface area contributed by atoms with Gasteiger partial charge in [-0.15, -0.1) is 0 Å². The molecule has 1 aliphatic rings. The Kier molecular flexibility index (Phi) is 4.25. The minimum Gasteiger partial charge on any atom is -0.411 e. The second-order valence-corrected chi connectivity index (χ2v) is 6.97. The number of oxime groups is 1. The van der Waals surface area contributed by atoms with Gasteiger partial charge in [0, 0.05) is 15.6 Å². The van der Waals surface area contributed by atoms with Crippen LogP contribution in [0.25, 0.3) is 11.3 Å². The molecule has 0 bridgehead atoms. The van der Waals surface area contributed by atoms with Crippen LogP contribution in [0.15, 0.2) is 40.0 Å².